The second-order valence-corrected chi connectivity index (χ2v) is 17.5. The van der Waals surface area contributed by atoms with Crippen molar-refractivity contribution in [1.29, 1.82) is 0 Å². The van der Waals surface area contributed by atoms with Gasteiger partial charge < -0.3 is 19.7 Å². The number of nitrogens with zero attached hydrogens (tertiary/aromatic N) is 2. The molecular weight excluding hydrogens is 719 g/mol. The Hall–Kier alpha value is -3.39. The van der Waals surface area contributed by atoms with Crippen LogP contribution in [0.25, 0.3) is 0 Å². The zero-order valence-corrected chi connectivity index (χ0v) is 32.2. The minimum atomic E-state index is -4.45. The van der Waals surface area contributed by atoms with Crippen LogP contribution in [0, 0.1) is 0 Å². The third kappa shape index (κ3) is 11.6. The largest absolute Gasteiger partial charge is 0.460 e. The smallest absolute Gasteiger partial charge is 0.407 e. The van der Waals surface area contributed by atoms with Crippen molar-refractivity contribution >= 4 is 57.1 Å². The number of aryl methyl sites for hydroxylation is 1. The second-order valence-electron chi connectivity index (χ2n) is 15.0. The van der Waals surface area contributed by atoms with E-state index >= 15 is 0 Å². The maximum Gasteiger partial charge on any atom is 0.407 e. The van der Waals surface area contributed by atoms with Crippen molar-refractivity contribution in [3.63, 3.8) is 0 Å². The van der Waals surface area contributed by atoms with Gasteiger partial charge in [0.2, 0.25) is 5.91 Å². The lowest BCUT2D eigenvalue weighted by atomic mass is 10.0. The summed E-state index contributed by atoms with van der Waals surface area (Å²) in [4.78, 5) is 57.2. The molecule has 0 aromatic heterocycles. The normalized spacial score (nSPS) is 20.6. The minimum absolute atomic E-state index is 0.0198. The lowest BCUT2D eigenvalue weighted by molar-refractivity contribution is -0.156. The highest BCUT2D eigenvalue weighted by Crippen LogP contribution is 2.32. The van der Waals surface area contributed by atoms with Crippen LogP contribution >= 0.6 is 23.2 Å². The molecule has 2 aromatic rings. The first-order valence-corrected chi connectivity index (χ1v) is 19.3. The number of benzene rings is 2. The van der Waals surface area contributed by atoms with Crippen LogP contribution in [-0.2, 0) is 40.3 Å². The van der Waals surface area contributed by atoms with Crippen LogP contribution in [0.4, 0.5) is 4.79 Å². The average molecular weight is 768 g/mol. The van der Waals surface area contributed by atoms with Gasteiger partial charge in [-0.1, -0.05) is 53.5 Å². The summed E-state index contributed by atoms with van der Waals surface area (Å²) in [5.74, 6) is -1.98. The van der Waals surface area contributed by atoms with E-state index in [1.807, 2.05) is 30.3 Å². The minimum Gasteiger partial charge on any atom is -0.460 e. The Morgan fingerprint density at radius 2 is 1.63 bits per heavy atom. The highest BCUT2D eigenvalue weighted by Gasteiger charge is 2.47. The number of carbonyl (C=O) groups is 4. The van der Waals surface area contributed by atoms with E-state index in [1.54, 1.807) is 41.5 Å². The van der Waals surface area contributed by atoms with Crippen LogP contribution in [0.1, 0.15) is 79.2 Å². The van der Waals surface area contributed by atoms with Crippen molar-refractivity contribution in [2.75, 3.05) is 13.1 Å². The topological polar surface area (TPSA) is 151 Å². The number of rotatable bonds is 11. The van der Waals surface area contributed by atoms with Crippen LogP contribution in [0.2, 0.25) is 10.0 Å². The summed E-state index contributed by atoms with van der Waals surface area (Å²) in [6.45, 7) is 10.9. The van der Waals surface area contributed by atoms with Gasteiger partial charge in [-0.15, -0.1) is 0 Å². The summed E-state index contributed by atoms with van der Waals surface area (Å²) in [5, 5.41) is 3.01. The van der Waals surface area contributed by atoms with Crippen LogP contribution in [0.3, 0.4) is 0 Å². The van der Waals surface area contributed by atoms with E-state index in [-0.39, 0.29) is 46.8 Å². The Morgan fingerprint density at radius 3 is 2.25 bits per heavy atom. The Morgan fingerprint density at radius 1 is 0.961 bits per heavy atom. The maximum absolute atomic E-state index is 14.5. The Balaban J connectivity index is 1.64. The molecule has 2 aromatic carbocycles. The number of alkyl carbamates (subject to hydrolysis) is 1. The second kappa shape index (κ2) is 16.5. The fraction of sp³-hybridized carbons (Fsp3) is 0.556. The van der Waals surface area contributed by atoms with Gasteiger partial charge >= 0.3 is 12.1 Å². The predicted octanol–water partition coefficient (Wildman–Crippen LogP) is 5.49. The van der Waals surface area contributed by atoms with Crippen LogP contribution in [0.5, 0.6) is 0 Å². The first kappa shape index (κ1) is 40.4. The summed E-state index contributed by atoms with van der Waals surface area (Å²) in [6, 6.07) is 11.0. The first-order valence-electron chi connectivity index (χ1n) is 17.1. The number of fused-ring (bicyclic) bond motifs is 1. The molecule has 1 unspecified atom stereocenters. The van der Waals surface area contributed by atoms with E-state index in [1.165, 1.54) is 17.0 Å². The van der Waals surface area contributed by atoms with E-state index < -0.39 is 63.2 Å². The summed E-state index contributed by atoms with van der Waals surface area (Å²) >= 11 is 12.0. The van der Waals surface area contributed by atoms with Crippen molar-refractivity contribution in [3.05, 3.63) is 64.1 Å². The first-order chi connectivity index (χ1) is 23.7. The van der Waals surface area contributed by atoms with Gasteiger partial charge in [0.05, 0.1) is 21.0 Å². The molecule has 2 heterocycles. The van der Waals surface area contributed by atoms with E-state index in [9.17, 15) is 27.6 Å². The maximum atomic E-state index is 14.5. The molecule has 4 atom stereocenters. The van der Waals surface area contributed by atoms with Gasteiger partial charge in [0.1, 0.15) is 17.2 Å². The molecule has 0 bridgehead atoms. The van der Waals surface area contributed by atoms with Gasteiger partial charge in [-0.05, 0) is 97.4 Å². The average Bonchev–Trinajstić information content (AvgIpc) is 3.37. The molecule has 2 saturated heterocycles. The molecule has 51 heavy (non-hydrogen) atoms. The highest BCUT2D eigenvalue weighted by molar-refractivity contribution is 7.90. The SMILES string of the molecule is CC(C)(C)OC(=O)CC[C@H](C(=O)NS(=O)(=O)c1ccc(Cl)c(Cl)c1)N1CCC(CCc2ccccc2)N2C[C@H](NC(=O)OC(C)(C)C)C[C@H]2C1=O. The van der Waals surface area contributed by atoms with Crippen LogP contribution < -0.4 is 10.0 Å². The molecule has 2 aliphatic rings. The molecular formula is C36H48Cl2N4O8S. The lowest BCUT2D eigenvalue weighted by Gasteiger charge is -2.32. The van der Waals surface area contributed by atoms with E-state index in [0.29, 0.717) is 19.4 Å². The van der Waals surface area contributed by atoms with Crippen LogP contribution in [-0.4, -0.2) is 90.6 Å². The number of carbonyl (C=O) groups excluding carboxylic acids is 4. The molecule has 12 nitrogen and oxygen atoms in total. The van der Waals surface area contributed by atoms with Crippen molar-refractivity contribution in [3.8, 4) is 0 Å². The molecule has 15 heteroatoms. The number of hydrogen-bond donors (Lipinski definition) is 2. The number of nitrogens with one attached hydrogen (secondary N) is 2. The predicted molar refractivity (Wildman–Crippen MR) is 194 cm³/mol. The number of ether oxygens (including phenoxy) is 2. The third-order valence-electron chi connectivity index (χ3n) is 8.57. The summed E-state index contributed by atoms with van der Waals surface area (Å²) in [7, 11) is -4.45. The number of hydrogen-bond acceptors (Lipinski definition) is 9. The fourth-order valence-corrected chi connectivity index (χ4v) is 7.82. The Labute approximate surface area is 310 Å². The van der Waals surface area contributed by atoms with Gasteiger partial charge in [0, 0.05) is 31.6 Å². The van der Waals surface area contributed by atoms with E-state index in [0.717, 1.165) is 18.1 Å². The zero-order chi connectivity index (χ0) is 37.7. The summed E-state index contributed by atoms with van der Waals surface area (Å²) in [5.41, 5.74) is -0.382. The molecule has 0 spiro atoms. The molecule has 2 N–H and O–H groups in total. The standard InChI is InChI=1S/C36H48Cl2N4O8S/c1-35(2,3)49-31(43)17-16-29(32(44)40-51(47,48)26-14-15-27(37)28(38)21-26)41-19-18-25(13-12-23-10-8-7-9-11-23)42-22-24(20-30(42)33(41)45)39-34(46)50-36(4,5)6/h7-11,14-15,21,24-25,29-30H,12-13,16-20,22H2,1-6H3,(H,39,46)(H,40,44)/t24-,25?,29-,30+/m1/s1. The Kier molecular flexibility index (Phi) is 13.1. The van der Waals surface area contributed by atoms with Crippen molar-refractivity contribution in [2.24, 2.45) is 0 Å². The van der Waals surface area contributed by atoms with Crippen molar-refractivity contribution in [1.82, 2.24) is 19.8 Å². The van der Waals surface area contributed by atoms with E-state index in [4.69, 9.17) is 32.7 Å². The summed E-state index contributed by atoms with van der Waals surface area (Å²) < 4.78 is 39.8. The lowest BCUT2D eigenvalue weighted by Crippen LogP contribution is -2.54. The van der Waals surface area contributed by atoms with Crippen molar-refractivity contribution < 1.29 is 37.1 Å². The van der Waals surface area contributed by atoms with Crippen LogP contribution in [0.15, 0.2) is 53.4 Å². The third-order valence-corrected chi connectivity index (χ3v) is 10.7. The van der Waals surface area contributed by atoms with Gasteiger partial charge in [-0.3, -0.25) is 19.3 Å². The molecule has 3 amide bonds. The molecule has 4 rings (SSSR count). The van der Waals surface area contributed by atoms with E-state index in [2.05, 4.69) is 14.9 Å². The number of halogens is 2. The molecule has 0 radical (unpaired) electrons. The van der Waals surface area contributed by atoms with Gasteiger partial charge in [-0.25, -0.2) is 17.9 Å². The van der Waals surface area contributed by atoms with Gasteiger partial charge in [0.15, 0.2) is 0 Å². The Bertz CT molecular complexity index is 1690. The molecule has 2 fully saturated rings. The monoisotopic (exact) mass is 766 g/mol. The number of amides is 3. The quantitative estimate of drug-likeness (QED) is 0.283. The molecule has 2 aliphatic heterocycles. The van der Waals surface area contributed by atoms with Gasteiger partial charge in [-0.2, -0.15) is 0 Å². The van der Waals surface area contributed by atoms with Gasteiger partial charge in [0.25, 0.3) is 15.9 Å². The zero-order valence-electron chi connectivity index (χ0n) is 29.9. The highest BCUT2D eigenvalue weighted by atomic mass is 35.5. The summed E-state index contributed by atoms with van der Waals surface area (Å²) in [6.07, 6.45) is 1.10. The molecule has 0 aliphatic carbocycles. The number of esters is 1. The number of sulfonamides is 1. The molecule has 280 valence electrons. The molecule has 0 saturated carbocycles. The fourth-order valence-electron chi connectivity index (χ4n) is 6.42. The van der Waals surface area contributed by atoms with Crippen molar-refractivity contribution in [2.45, 2.75) is 120 Å².